The van der Waals surface area contributed by atoms with Gasteiger partial charge in [0, 0.05) is 17.6 Å². The predicted molar refractivity (Wildman–Crippen MR) is 110 cm³/mol. The maximum Gasteiger partial charge on any atom is 0.251 e. The van der Waals surface area contributed by atoms with Gasteiger partial charge in [-0.2, -0.15) is 0 Å². The number of aryl methyl sites for hydroxylation is 1. The molecule has 1 atom stereocenters. The van der Waals surface area contributed by atoms with Crippen molar-refractivity contribution in [3.8, 4) is 0 Å². The summed E-state index contributed by atoms with van der Waals surface area (Å²) in [6.07, 6.45) is 0. The number of nitrogens with one attached hydrogen (secondary N) is 2. The number of halogens is 1. The number of para-hydroxylation sites is 2. The molecule has 0 fully saturated rings. The molecule has 0 saturated carbocycles. The van der Waals surface area contributed by atoms with E-state index < -0.39 is 6.04 Å². The maximum atomic E-state index is 12.7. The Morgan fingerprint density at radius 2 is 1.79 bits per heavy atom. The van der Waals surface area contributed by atoms with Crippen LogP contribution >= 0.6 is 11.6 Å². The Hall–Kier alpha value is -2.86. The minimum atomic E-state index is -0.655. The van der Waals surface area contributed by atoms with Crippen molar-refractivity contribution in [3.63, 3.8) is 0 Å². The first kappa shape index (κ1) is 19.9. The van der Waals surface area contributed by atoms with Gasteiger partial charge in [-0.05, 0) is 42.3 Å². The van der Waals surface area contributed by atoms with Crippen LogP contribution in [0.2, 0.25) is 5.02 Å². The molecule has 1 aromatic heterocycles. The molecule has 2 amide bonds. The van der Waals surface area contributed by atoms with Gasteiger partial charge in [-0.15, -0.1) is 0 Å². The summed E-state index contributed by atoms with van der Waals surface area (Å²) in [4.78, 5) is 29.7. The zero-order chi connectivity index (χ0) is 20.3. The van der Waals surface area contributed by atoms with Crippen LogP contribution in [-0.2, 0) is 18.4 Å². The van der Waals surface area contributed by atoms with Crippen molar-refractivity contribution in [1.29, 1.82) is 0 Å². The van der Waals surface area contributed by atoms with Crippen LogP contribution in [0.5, 0.6) is 0 Å². The summed E-state index contributed by atoms with van der Waals surface area (Å²) in [6, 6.07) is 13.7. The summed E-state index contributed by atoms with van der Waals surface area (Å²) in [5, 5.41) is 6.25. The van der Waals surface area contributed by atoms with Gasteiger partial charge in [0.05, 0.1) is 17.6 Å². The Morgan fingerprint density at radius 3 is 2.43 bits per heavy atom. The number of imidazole rings is 1. The average molecular weight is 399 g/mol. The van der Waals surface area contributed by atoms with E-state index in [1.807, 2.05) is 49.7 Å². The van der Waals surface area contributed by atoms with Gasteiger partial charge in [0.25, 0.3) is 5.91 Å². The molecule has 1 heterocycles. The molecule has 0 saturated heterocycles. The van der Waals surface area contributed by atoms with Crippen molar-refractivity contribution in [2.75, 3.05) is 0 Å². The minimum absolute atomic E-state index is 0.0725. The van der Waals surface area contributed by atoms with Crippen molar-refractivity contribution in [2.24, 2.45) is 13.0 Å². The lowest BCUT2D eigenvalue weighted by Crippen LogP contribution is -2.49. The molecule has 0 bridgehead atoms. The predicted octanol–water partition coefficient (Wildman–Crippen LogP) is 3.30. The van der Waals surface area contributed by atoms with Gasteiger partial charge in [-0.3, -0.25) is 9.59 Å². The van der Waals surface area contributed by atoms with E-state index in [4.69, 9.17) is 11.6 Å². The summed E-state index contributed by atoms with van der Waals surface area (Å²) < 4.78 is 1.95. The molecule has 0 aliphatic rings. The Morgan fingerprint density at radius 1 is 1.11 bits per heavy atom. The number of benzene rings is 2. The Bertz CT molecular complexity index is 995. The van der Waals surface area contributed by atoms with E-state index in [0.717, 1.165) is 16.9 Å². The first-order valence-corrected chi connectivity index (χ1v) is 9.49. The molecule has 0 spiro atoms. The molecule has 0 aliphatic carbocycles. The number of amides is 2. The molecule has 2 N–H and O–H groups in total. The highest BCUT2D eigenvalue weighted by Gasteiger charge is 2.25. The van der Waals surface area contributed by atoms with Crippen LogP contribution in [0.1, 0.15) is 30.0 Å². The van der Waals surface area contributed by atoms with E-state index >= 15 is 0 Å². The molecule has 0 radical (unpaired) electrons. The number of fused-ring (bicyclic) bond motifs is 1. The van der Waals surface area contributed by atoms with Gasteiger partial charge in [-0.1, -0.05) is 37.6 Å². The van der Waals surface area contributed by atoms with E-state index in [2.05, 4.69) is 15.6 Å². The molecular formula is C21H23ClN4O2. The van der Waals surface area contributed by atoms with Crippen molar-refractivity contribution < 1.29 is 9.59 Å². The Kier molecular flexibility index (Phi) is 5.99. The highest BCUT2D eigenvalue weighted by Crippen LogP contribution is 2.14. The molecule has 3 rings (SSSR count). The first-order chi connectivity index (χ1) is 13.4. The van der Waals surface area contributed by atoms with Crippen LogP contribution in [0.15, 0.2) is 48.5 Å². The molecule has 146 valence electrons. The highest BCUT2D eigenvalue weighted by atomic mass is 35.5. The van der Waals surface area contributed by atoms with Gasteiger partial charge >= 0.3 is 0 Å². The normalized spacial score (nSPS) is 12.2. The Balaban J connectivity index is 1.68. The molecule has 3 aromatic rings. The second-order valence-corrected chi connectivity index (χ2v) is 7.43. The zero-order valence-corrected chi connectivity index (χ0v) is 16.8. The number of carbonyl (C=O) groups is 2. The lowest BCUT2D eigenvalue weighted by molar-refractivity contribution is -0.124. The smallest absolute Gasteiger partial charge is 0.251 e. The summed E-state index contributed by atoms with van der Waals surface area (Å²) in [5.74, 6) is 0.121. The number of hydrogen-bond acceptors (Lipinski definition) is 3. The largest absolute Gasteiger partial charge is 0.347 e. The molecular weight excluding hydrogens is 376 g/mol. The second-order valence-electron chi connectivity index (χ2n) is 7.00. The van der Waals surface area contributed by atoms with E-state index in [0.29, 0.717) is 10.6 Å². The monoisotopic (exact) mass is 398 g/mol. The van der Waals surface area contributed by atoms with Crippen molar-refractivity contribution >= 4 is 34.4 Å². The number of nitrogens with zero attached hydrogens (tertiary/aromatic N) is 2. The summed E-state index contributed by atoms with van der Waals surface area (Å²) in [7, 11) is 1.92. The van der Waals surface area contributed by atoms with E-state index in [9.17, 15) is 9.59 Å². The third-order valence-corrected chi connectivity index (χ3v) is 4.89. The first-order valence-electron chi connectivity index (χ1n) is 9.11. The van der Waals surface area contributed by atoms with Crippen molar-refractivity contribution in [1.82, 2.24) is 20.2 Å². The standard InChI is InChI=1S/C21H23ClN4O2/c1-13(2)19(25-20(27)14-8-10-15(22)11-9-14)21(28)23-12-18-24-16-6-4-5-7-17(16)26(18)3/h4-11,13,19H,12H2,1-3H3,(H,23,28)(H,25,27)/t19-/m0/s1. The second kappa shape index (κ2) is 8.44. The van der Waals surface area contributed by atoms with E-state index in [1.54, 1.807) is 24.3 Å². The number of rotatable bonds is 6. The number of aromatic nitrogens is 2. The minimum Gasteiger partial charge on any atom is -0.347 e. The quantitative estimate of drug-likeness (QED) is 0.668. The molecule has 6 nitrogen and oxygen atoms in total. The van der Waals surface area contributed by atoms with Crippen LogP contribution in [0, 0.1) is 5.92 Å². The molecule has 2 aromatic carbocycles. The van der Waals surface area contributed by atoms with Gasteiger partial charge in [-0.25, -0.2) is 4.98 Å². The highest BCUT2D eigenvalue weighted by molar-refractivity contribution is 6.30. The van der Waals surface area contributed by atoms with Gasteiger partial charge in [0.2, 0.25) is 5.91 Å². The van der Waals surface area contributed by atoms with Crippen LogP contribution < -0.4 is 10.6 Å². The molecule has 7 heteroatoms. The van der Waals surface area contributed by atoms with E-state index in [1.165, 1.54) is 0 Å². The third-order valence-electron chi connectivity index (χ3n) is 4.64. The van der Waals surface area contributed by atoms with Crippen LogP contribution in [0.25, 0.3) is 11.0 Å². The topological polar surface area (TPSA) is 76.0 Å². The lowest BCUT2D eigenvalue weighted by atomic mass is 10.0. The van der Waals surface area contributed by atoms with Gasteiger partial charge in [0.15, 0.2) is 0 Å². The third kappa shape index (κ3) is 4.34. The number of hydrogen-bond donors (Lipinski definition) is 2. The summed E-state index contributed by atoms with van der Waals surface area (Å²) in [5.41, 5.74) is 2.34. The molecule has 0 aliphatic heterocycles. The fourth-order valence-corrected chi connectivity index (χ4v) is 3.12. The molecule has 0 unspecified atom stereocenters. The van der Waals surface area contributed by atoms with Crippen molar-refractivity contribution in [2.45, 2.75) is 26.4 Å². The lowest BCUT2D eigenvalue weighted by Gasteiger charge is -2.21. The van der Waals surface area contributed by atoms with Gasteiger partial charge < -0.3 is 15.2 Å². The van der Waals surface area contributed by atoms with Crippen molar-refractivity contribution in [3.05, 3.63) is 64.9 Å². The Labute approximate surface area is 168 Å². The summed E-state index contributed by atoms with van der Waals surface area (Å²) >= 11 is 5.86. The van der Waals surface area contributed by atoms with E-state index in [-0.39, 0.29) is 24.3 Å². The maximum absolute atomic E-state index is 12.7. The van der Waals surface area contributed by atoms with Crippen LogP contribution in [0.3, 0.4) is 0 Å². The van der Waals surface area contributed by atoms with Crippen LogP contribution in [-0.4, -0.2) is 27.4 Å². The molecule has 28 heavy (non-hydrogen) atoms. The fourth-order valence-electron chi connectivity index (χ4n) is 2.99. The summed E-state index contributed by atoms with van der Waals surface area (Å²) in [6.45, 7) is 4.06. The average Bonchev–Trinajstić information content (AvgIpc) is 3.00. The fraction of sp³-hybridized carbons (Fsp3) is 0.286. The van der Waals surface area contributed by atoms with Gasteiger partial charge in [0.1, 0.15) is 11.9 Å². The SMILES string of the molecule is CC(C)[C@H](NC(=O)c1ccc(Cl)cc1)C(=O)NCc1nc2ccccc2n1C. The van der Waals surface area contributed by atoms with Crippen LogP contribution in [0.4, 0.5) is 0 Å². The number of carbonyl (C=O) groups excluding carboxylic acids is 2. The zero-order valence-electron chi connectivity index (χ0n) is 16.1.